The highest BCUT2D eigenvalue weighted by Crippen LogP contribution is 2.34. The van der Waals surface area contributed by atoms with E-state index in [0.717, 1.165) is 38.5 Å². The van der Waals surface area contributed by atoms with Crippen molar-refractivity contribution in [2.45, 2.75) is 77.7 Å². The summed E-state index contributed by atoms with van der Waals surface area (Å²) in [6.45, 7) is 6.71. The van der Waals surface area contributed by atoms with Crippen LogP contribution in [0.15, 0.2) is 4.52 Å². The molecule has 1 aromatic heterocycles. The Labute approximate surface area is 167 Å². The fraction of sp³-hybridized carbons (Fsp3) is 0.800. The average Bonchev–Trinajstić information content (AvgIpc) is 2.99. The summed E-state index contributed by atoms with van der Waals surface area (Å²) >= 11 is 0. The lowest BCUT2D eigenvalue weighted by Crippen LogP contribution is -2.45. The minimum absolute atomic E-state index is 0.0207. The highest BCUT2D eigenvalue weighted by atomic mass is 16.5. The van der Waals surface area contributed by atoms with Crippen molar-refractivity contribution in [3.63, 3.8) is 0 Å². The molecule has 0 spiro atoms. The number of aromatic nitrogens is 2. The molecule has 0 saturated heterocycles. The SMILES string of the molecule is CC(=O)NC1(c2noc(CCC(=O)N(C)CC(C)(C)CN)n2)CCCCCC1. The van der Waals surface area contributed by atoms with E-state index in [1.54, 1.807) is 11.9 Å². The van der Waals surface area contributed by atoms with Gasteiger partial charge in [0, 0.05) is 33.4 Å². The van der Waals surface area contributed by atoms with Gasteiger partial charge in [0.25, 0.3) is 0 Å². The highest BCUT2D eigenvalue weighted by molar-refractivity contribution is 5.76. The van der Waals surface area contributed by atoms with Gasteiger partial charge in [-0.15, -0.1) is 0 Å². The molecule has 1 saturated carbocycles. The molecule has 3 N–H and O–H groups in total. The van der Waals surface area contributed by atoms with Gasteiger partial charge in [0.15, 0.2) is 5.82 Å². The molecule has 1 aliphatic carbocycles. The number of nitrogens with two attached hydrogens (primary N) is 1. The van der Waals surface area contributed by atoms with Crippen LogP contribution in [0.3, 0.4) is 0 Å². The third-order valence-electron chi connectivity index (χ3n) is 5.46. The second-order valence-electron chi connectivity index (χ2n) is 8.81. The molecule has 1 heterocycles. The summed E-state index contributed by atoms with van der Waals surface area (Å²) in [6, 6.07) is 0. The standard InChI is InChI=1S/C20H35N5O3/c1-15(26)23-20(11-7-5-6-8-12-20)18-22-16(28-24-18)9-10-17(27)25(4)14-19(2,3)13-21/h5-14,21H2,1-4H3,(H,23,26). The van der Waals surface area contributed by atoms with Crippen molar-refractivity contribution in [2.24, 2.45) is 11.1 Å². The summed E-state index contributed by atoms with van der Waals surface area (Å²) in [5.74, 6) is 0.897. The summed E-state index contributed by atoms with van der Waals surface area (Å²) in [5, 5.41) is 7.23. The molecule has 1 aliphatic rings. The molecule has 2 amide bonds. The van der Waals surface area contributed by atoms with Crippen molar-refractivity contribution in [1.29, 1.82) is 0 Å². The van der Waals surface area contributed by atoms with Crippen LogP contribution in [0.1, 0.15) is 77.4 Å². The van der Waals surface area contributed by atoms with Gasteiger partial charge in [0.1, 0.15) is 5.54 Å². The fourth-order valence-corrected chi connectivity index (χ4v) is 3.82. The van der Waals surface area contributed by atoms with E-state index in [1.165, 1.54) is 6.92 Å². The maximum Gasteiger partial charge on any atom is 0.227 e. The van der Waals surface area contributed by atoms with E-state index >= 15 is 0 Å². The second kappa shape index (κ2) is 9.49. The first-order valence-electron chi connectivity index (χ1n) is 10.2. The van der Waals surface area contributed by atoms with Gasteiger partial charge in [0.2, 0.25) is 17.7 Å². The van der Waals surface area contributed by atoms with E-state index < -0.39 is 5.54 Å². The van der Waals surface area contributed by atoms with Crippen LogP contribution in [0.5, 0.6) is 0 Å². The predicted octanol–water partition coefficient (Wildman–Crippen LogP) is 2.13. The summed E-state index contributed by atoms with van der Waals surface area (Å²) in [5.41, 5.74) is 5.07. The Morgan fingerprint density at radius 3 is 2.46 bits per heavy atom. The Kier molecular flexibility index (Phi) is 7.57. The van der Waals surface area contributed by atoms with Gasteiger partial charge in [-0.25, -0.2) is 0 Å². The number of nitrogens with one attached hydrogen (secondary N) is 1. The van der Waals surface area contributed by atoms with Crippen molar-refractivity contribution in [1.82, 2.24) is 20.4 Å². The zero-order valence-electron chi connectivity index (χ0n) is 17.7. The van der Waals surface area contributed by atoms with Crippen molar-refractivity contribution in [3.05, 3.63) is 11.7 Å². The molecular formula is C20H35N5O3. The normalized spacial score (nSPS) is 17.0. The Balaban J connectivity index is 2.02. The molecule has 2 rings (SSSR count). The van der Waals surface area contributed by atoms with Gasteiger partial charge in [-0.2, -0.15) is 4.98 Å². The first-order chi connectivity index (χ1) is 13.2. The van der Waals surface area contributed by atoms with Crippen molar-refractivity contribution in [3.8, 4) is 0 Å². The second-order valence-corrected chi connectivity index (χ2v) is 8.81. The Bertz CT molecular complexity index is 663. The first kappa shape index (κ1) is 22.3. The molecule has 158 valence electrons. The molecule has 1 aromatic rings. The molecule has 0 bridgehead atoms. The van der Waals surface area contributed by atoms with Gasteiger partial charge < -0.3 is 20.5 Å². The van der Waals surface area contributed by atoms with E-state index in [0.29, 0.717) is 37.6 Å². The van der Waals surface area contributed by atoms with E-state index in [4.69, 9.17) is 10.3 Å². The first-order valence-corrected chi connectivity index (χ1v) is 10.2. The largest absolute Gasteiger partial charge is 0.345 e. The van der Waals surface area contributed by atoms with E-state index in [-0.39, 0.29) is 17.2 Å². The minimum Gasteiger partial charge on any atom is -0.345 e. The lowest BCUT2D eigenvalue weighted by molar-refractivity contribution is -0.131. The average molecular weight is 394 g/mol. The van der Waals surface area contributed by atoms with Gasteiger partial charge in [-0.3, -0.25) is 9.59 Å². The zero-order chi connectivity index (χ0) is 20.8. The van der Waals surface area contributed by atoms with Gasteiger partial charge in [-0.1, -0.05) is 44.7 Å². The quantitative estimate of drug-likeness (QED) is 0.654. The number of carbonyl (C=O) groups excluding carboxylic acids is 2. The Morgan fingerprint density at radius 2 is 1.89 bits per heavy atom. The maximum atomic E-state index is 12.4. The number of aryl methyl sites for hydroxylation is 1. The number of hydrogen-bond acceptors (Lipinski definition) is 6. The summed E-state index contributed by atoms with van der Waals surface area (Å²) in [6.07, 6.45) is 6.62. The predicted molar refractivity (Wildman–Crippen MR) is 106 cm³/mol. The number of amides is 2. The van der Waals surface area contributed by atoms with Crippen LogP contribution in [0.4, 0.5) is 0 Å². The third kappa shape index (κ3) is 6.02. The fourth-order valence-electron chi connectivity index (χ4n) is 3.82. The number of carbonyl (C=O) groups is 2. The van der Waals surface area contributed by atoms with Crippen LogP contribution in [0.25, 0.3) is 0 Å². The number of hydrogen-bond donors (Lipinski definition) is 2. The molecule has 0 aliphatic heterocycles. The van der Waals surface area contributed by atoms with Crippen molar-refractivity contribution >= 4 is 11.8 Å². The van der Waals surface area contributed by atoms with Crippen LogP contribution in [-0.4, -0.2) is 47.0 Å². The Hall–Kier alpha value is -1.96. The van der Waals surface area contributed by atoms with Crippen LogP contribution < -0.4 is 11.1 Å². The molecule has 28 heavy (non-hydrogen) atoms. The number of rotatable bonds is 8. The molecule has 1 fully saturated rings. The number of nitrogens with zero attached hydrogens (tertiary/aromatic N) is 3. The van der Waals surface area contributed by atoms with Crippen LogP contribution in [0, 0.1) is 5.41 Å². The monoisotopic (exact) mass is 393 g/mol. The Morgan fingerprint density at radius 1 is 1.25 bits per heavy atom. The van der Waals surface area contributed by atoms with Crippen LogP contribution in [-0.2, 0) is 21.5 Å². The molecule has 8 heteroatoms. The van der Waals surface area contributed by atoms with Crippen molar-refractivity contribution < 1.29 is 14.1 Å². The summed E-state index contributed by atoms with van der Waals surface area (Å²) in [4.78, 5) is 30.4. The van der Waals surface area contributed by atoms with Gasteiger partial charge in [0.05, 0.1) is 0 Å². The third-order valence-corrected chi connectivity index (χ3v) is 5.46. The van der Waals surface area contributed by atoms with Crippen LogP contribution in [0.2, 0.25) is 0 Å². The van der Waals surface area contributed by atoms with Crippen LogP contribution >= 0.6 is 0 Å². The van der Waals surface area contributed by atoms with E-state index in [1.807, 2.05) is 13.8 Å². The summed E-state index contributed by atoms with van der Waals surface area (Å²) in [7, 11) is 1.79. The highest BCUT2D eigenvalue weighted by Gasteiger charge is 2.38. The zero-order valence-corrected chi connectivity index (χ0v) is 17.7. The van der Waals surface area contributed by atoms with E-state index in [2.05, 4.69) is 15.5 Å². The molecular weight excluding hydrogens is 358 g/mol. The maximum absolute atomic E-state index is 12.4. The van der Waals surface area contributed by atoms with E-state index in [9.17, 15) is 9.59 Å². The summed E-state index contributed by atoms with van der Waals surface area (Å²) < 4.78 is 5.41. The smallest absolute Gasteiger partial charge is 0.227 e. The van der Waals surface area contributed by atoms with Gasteiger partial charge in [-0.05, 0) is 24.8 Å². The van der Waals surface area contributed by atoms with Crippen molar-refractivity contribution in [2.75, 3.05) is 20.1 Å². The minimum atomic E-state index is -0.559. The molecule has 0 aromatic carbocycles. The lowest BCUT2D eigenvalue weighted by Gasteiger charge is -2.30. The molecule has 8 nitrogen and oxygen atoms in total. The van der Waals surface area contributed by atoms with Gasteiger partial charge >= 0.3 is 0 Å². The molecule has 0 atom stereocenters. The topological polar surface area (TPSA) is 114 Å². The molecule has 0 radical (unpaired) electrons. The molecule has 0 unspecified atom stereocenters. The lowest BCUT2D eigenvalue weighted by atomic mass is 9.89.